The first kappa shape index (κ1) is 14.1. The summed E-state index contributed by atoms with van der Waals surface area (Å²) < 4.78 is 0. The van der Waals surface area contributed by atoms with Gasteiger partial charge in [-0.25, -0.2) is 5.01 Å². The molecule has 1 N–H and O–H groups in total. The number of fused-ring (bicyclic) bond motifs is 1. The zero-order valence-corrected chi connectivity index (χ0v) is 13.1. The minimum absolute atomic E-state index is 0.0683. The number of hydrogen-bond acceptors (Lipinski definition) is 3. The number of hydrazone groups is 1. The molecule has 0 saturated carbocycles. The van der Waals surface area contributed by atoms with E-state index in [1.165, 1.54) is 5.70 Å². The molecule has 0 saturated heterocycles. The second-order valence-electron chi connectivity index (χ2n) is 7.28. The maximum absolute atomic E-state index is 12.7. The van der Waals surface area contributed by atoms with Crippen LogP contribution < -0.4 is 5.32 Å². The number of rotatable bonds is 1. The molecule has 2 aliphatic heterocycles. The lowest BCUT2D eigenvalue weighted by atomic mass is 9.67. The van der Waals surface area contributed by atoms with E-state index < -0.39 is 5.41 Å². The van der Waals surface area contributed by atoms with Crippen molar-refractivity contribution in [2.24, 2.45) is 21.8 Å². The van der Waals surface area contributed by atoms with Crippen LogP contribution in [0.25, 0.3) is 0 Å². The molecule has 1 aliphatic carbocycles. The smallest absolute Gasteiger partial charge is 0.248 e. The molecule has 112 valence electrons. The van der Waals surface area contributed by atoms with Crippen LogP contribution in [0.15, 0.2) is 41.3 Å². The third-order valence-electron chi connectivity index (χ3n) is 4.67. The summed E-state index contributed by atoms with van der Waals surface area (Å²) in [4.78, 5) is 12.7. The maximum Gasteiger partial charge on any atom is 0.248 e. The van der Waals surface area contributed by atoms with Crippen molar-refractivity contribution in [3.05, 3.63) is 36.2 Å². The van der Waals surface area contributed by atoms with Crippen molar-refractivity contribution >= 4 is 12.1 Å². The highest BCUT2D eigenvalue weighted by atomic mass is 16.2. The number of nitrogens with one attached hydrogen (secondary N) is 1. The van der Waals surface area contributed by atoms with Gasteiger partial charge >= 0.3 is 0 Å². The minimum Gasteiger partial charge on any atom is -0.365 e. The van der Waals surface area contributed by atoms with Gasteiger partial charge in [-0.05, 0) is 12.3 Å². The van der Waals surface area contributed by atoms with Crippen LogP contribution in [-0.4, -0.2) is 23.2 Å². The van der Waals surface area contributed by atoms with E-state index in [1.807, 2.05) is 33.2 Å². The van der Waals surface area contributed by atoms with E-state index in [9.17, 15) is 4.79 Å². The lowest BCUT2D eigenvalue weighted by molar-refractivity contribution is -0.143. The van der Waals surface area contributed by atoms with Gasteiger partial charge in [-0.3, -0.25) is 4.79 Å². The number of nitrogens with zero attached hydrogens (tertiary/aromatic N) is 2. The number of carbonyl (C=O) groups excluding carboxylic acids is 1. The van der Waals surface area contributed by atoms with Crippen molar-refractivity contribution in [3.63, 3.8) is 0 Å². The van der Waals surface area contributed by atoms with Gasteiger partial charge in [-0.15, -0.1) is 0 Å². The molecule has 21 heavy (non-hydrogen) atoms. The van der Waals surface area contributed by atoms with E-state index >= 15 is 0 Å². The van der Waals surface area contributed by atoms with Gasteiger partial charge in [0.15, 0.2) is 0 Å². The molecular weight excluding hydrogens is 262 g/mol. The molecule has 0 aromatic heterocycles. The van der Waals surface area contributed by atoms with Gasteiger partial charge in [0, 0.05) is 35.1 Å². The minimum atomic E-state index is -0.420. The Bertz CT molecular complexity index is 579. The summed E-state index contributed by atoms with van der Waals surface area (Å²) in [6.45, 7) is 8.06. The lowest BCUT2D eigenvalue weighted by Gasteiger charge is -2.43. The summed E-state index contributed by atoms with van der Waals surface area (Å²) in [7, 11) is 0. The number of allylic oxidation sites excluding steroid dienone is 3. The first-order valence-corrected chi connectivity index (χ1v) is 7.53. The monoisotopic (exact) mass is 285 g/mol. The van der Waals surface area contributed by atoms with Crippen molar-refractivity contribution in [3.8, 4) is 0 Å². The van der Waals surface area contributed by atoms with Gasteiger partial charge in [0.1, 0.15) is 0 Å². The molecule has 0 aromatic rings. The molecular formula is C17H23N3O. The van der Waals surface area contributed by atoms with E-state index in [4.69, 9.17) is 0 Å². The molecule has 0 aromatic carbocycles. The van der Waals surface area contributed by atoms with Crippen LogP contribution in [0.1, 0.15) is 34.1 Å². The Morgan fingerprint density at radius 1 is 1.48 bits per heavy atom. The van der Waals surface area contributed by atoms with Crippen LogP contribution in [0, 0.1) is 16.7 Å². The average molecular weight is 285 g/mol. The normalized spacial score (nSPS) is 33.9. The highest BCUT2D eigenvalue weighted by Gasteiger charge is 2.48. The van der Waals surface area contributed by atoms with E-state index in [1.54, 1.807) is 5.01 Å². The zero-order valence-electron chi connectivity index (χ0n) is 13.1. The third-order valence-corrected chi connectivity index (χ3v) is 4.67. The second-order valence-corrected chi connectivity index (χ2v) is 7.28. The average Bonchev–Trinajstić information content (AvgIpc) is 3.06. The number of carbonyl (C=O) groups is 1. The molecule has 0 fully saturated rings. The van der Waals surface area contributed by atoms with E-state index in [2.05, 4.69) is 41.6 Å². The summed E-state index contributed by atoms with van der Waals surface area (Å²) in [6, 6.07) is 0.0683. The molecule has 2 heterocycles. The maximum atomic E-state index is 12.7. The van der Waals surface area contributed by atoms with Crippen LogP contribution in [0.3, 0.4) is 0 Å². The standard InChI is InChI=1S/C17H23N3O/c1-16(2,3)15(21)20-14(8-11-19-20)17(4)9-5-6-13-12(17)7-10-18-13/h5-7,9-12,14,18H,8H2,1-4H3/t12?,14-,17?/m0/s1. The second kappa shape index (κ2) is 4.58. The highest BCUT2D eigenvalue weighted by Crippen LogP contribution is 2.46. The van der Waals surface area contributed by atoms with Crippen LogP contribution in [0.5, 0.6) is 0 Å². The Hall–Kier alpha value is -1.84. The van der Waals surface area contributed by atoms with Crippen LogP contribution in [0.4, 0.5) is 0 Å². The molecule has 3 rings (SSSR count). The molecule has 3 atom stereocenters. The quantitative estimate of drug-likeness (QED) is 0.805. The molecule has 4 heteroatoms. The van der Waals surface area contributed by atoms with Crippen molar-refractivity contribution in [1.82, 2.24) is 10.3 Å². The summed E-state index contributed by atoms with van der Waals surface area (Å²) in [5.41, 5.74) is 0.647. The van der Waals surface area contributed by atoms with Gasteiger partial charge in [0.25, 0.3) is 0 Å². The number of hydrogen-bond donors (Lipinski definition) is 1. The Kier molecular flexibility index (Phi) is 3.08. The van der Waals surface area contributed by atoms with Crippen LogP contribution in [0.2, 0.25) is 0 Å². The summed E-state index contributed by atoms with van der Waals surface area (Å²) in [6.07, 6.45) is 13.3. The Morgan fingerprint density at radius 2 is 2.24 bits per heavy atom. The predicted octanol–water partition coefficient (Wildman–Crippen LogP) is 2.81. The van der Waals surface area contributed by atoms with E-state index in [0.29, 0.717) is 0 Å². The Morgan fingerprint density at radius 3 is 2.95 bits per heavy atom. The fourth-order valence-electron chi connectivity index (χ4n) is 3.38. The molecule has 0 radical (unpaired) electrons. The zero-order chi connectivity index (χ0) is 15.3. The highest BCUT2D eigenvalue weighted by molar-refractivity contribution is 5.84. The molecule has 1 amide bonds. The van der Waals surface area contributed by atoms with Crippen molar-refractivity contribution in [2.75, 3.05) is 0 Å². The molecule has 2 unspecified atom stereocenters. The van der Waals surface area contributed by atoms with Gasteiger partial charge < -0.3 is 5.32 Å². The fourth-order valence-corrected chi connectivity index (χ4v) is 3.38. The molecule has 4 nitrogen and oxygen atoms in total. The Labute approximate surface area is 126 Å². The lowest BCUT2D eigenvalue weighted by Crippen LogP contribution is -2.50. The van der Waals surface area contributed by atoms with Gasteiger partial charge in [0.05, 0.1) is 6.04 Å². The number of amides is 1. The fraction of sp³-hybridized carbons (Fsp3) is 0.529. The van der Waals surface area contributed by atoms with E-state index in [-0.39, 0.29) is 23.3 Å². The van der Waals surface area contributed by atoms with E-state index in [0.717, 1.165) is 6.42 Å². The van der Waals surface area contributed by atoms with Crippen LogP contribution >= 0.6 is 0 Å². The topological polar surface area (TPSA) is 44.7 Å². The van der Waals surface area contributed by atoms with Gasteiger partial charge in [0.2, 0.25) is 5.91 Å². The molecule has 3 aliphatic rings. The SMILES string of the molecule is CC(C)(C)C(=O)N1N=CC[C@H]1C1(C)C=CC=C2NC=CC21. The van der Waals surface area contributed by atoms with Crippen molar-refractivity contribution in [2.45, 2.75) is 40.2 Å². The summed E-state index contributed by atoms with van der Waals surface area (Å²) >= 11 is 0. The van der Waals surface area contributed by atoms with Gasteiger partial charge in [-0.1, -0.05) is 45.9 Å². The first-order valence-electron chi connectivity index (χ1n) is 7.53. The first-order chi connectivity index (χ1) is 9.84. The summed E-state index contributed by atoms with van der Waals surface area (Å²) in [5.74, 6) is 0.367. The van der Waals surface area contributed by atoms with Crippen molar-refractivity contribution in [1.29, 1.82) is 0 Å². The predicted molar refractivity (Wildman–Crippen MR) is 84.3 cm³/mol. The molecule has 0 spiro atoms. The van der Waals surface area contributed by atoms with Crippen molar-refractivity contribution < 1.29 is 4.79 Å². The largest absolute Gasteiger partial charge is 0.365 e. The third kappa shape index (κ3) is 2.13. The summed E-state index contributed by atoms with van der Waals surface area (Å²) in [5, 5.41) is 9.38. The van der Waals surface area contributed by atoms with Gasteiger partial charge in [-0.2, -0.15) is 5.10 Å². The van der Waals surface area contributed by atoms with Crippen LogP contribution in [-0.2, 0) is 4.79 Å². The molecule has 0 bridgehead atoms. The Balaban J connectivity index is 1.93.